The number of unbranched alkanes of at least 4 members (excludes halogenated alkanes) is 1. The number of aliphatic hydroxyl groups excluding tert-OH is 1. The van der Waals surface area contributed by atoms with Gasteiger partial charge < -0.3 is 5.11 Å². The van der Waals surface area contributed by atoms with E-state index in [1.807, 2.05) is 0 Å². The van der Waals surface area contributed by atoms with E-state index in [9.17, 15) is 5.11 Å². The van der Waals surface area contributed by atoms with Crippen molar-refractivity contribution in [3.63, 3.8) is 0 Å². The van der Waals surface area contributed by atoms with Crippen molar-refractivity contribution in [2.24, 2.45) is 11.8 Å². The minimum absolute atomic E-state index is 0.110. The van der Waals surface area contributed by atoms with Crippen molar-refractivity contribution >= 4 is 0 Å². The second kappa shape index (κ2) is 5.59. The maximum absolute atomic E-state index is 9.62. The highest BCUT2D eigenvalue weighted by molar-refractivity contribution is 4.67. The van der Waals surface area contributed by atoms with Gasteiger partial charge in [-0.2, -0.15) is 0 Å². The highest BCUT2D eigenvalue weighted by Crippen LogP contribution is 2.17. The predicted octanol–water partition coefficient (Wildman–Crippen LogP) is 2.83. The Morgan fingerprint density at radius 2 is 1.73 bits per heavy atom. The number of hydrogen-bond donors (Lipinski definition) is 1. The first kappa shape index (κ1) is 11.0. The average molecular weight is 158 g/mol. The summed E-state index contributed by atoms with van der Waals surface area (Å²) < 4.78 is 0. The Morgan fingerprint density at radius 3 is 2.09 bits per heavy atom. The fourth-order valence-corrected chi connectivity index (χ4v) is 1.35. The van der Waals surface area contributed by atoms with Gasteiger partial charge in [0.1, 0.15) is 0 Å². The van der Waals surface area contributed by atoms with Gasteiger partial charge >= 0.3 is 0 Å². The predicted molar refractivity (Wildman–Crippen MR) is 49.5 cm³/mol. The van der Waals surface area contributed by atoms with Crippen LogP contribution in [0.25, 0.3) is 0 Å². The summed E-state index contributed by atoms with van der Waals surface area (Å²) in [5.41, 5.74) is 0. The molecule has 0 aliphatic rings. The molecule has 0 heterocycles. The molecule has 68 valence electrons. The minimum Gasteiger partial charge on any atom is -0.393 e. The molecule has 2 unspecified atom stereocenters. The third-order valence-corrected chi connectivity index (χ3v) is 2.28. The molecule has 1 heteroatoms. The summed E-state index contributed by atoms with van der Waals surface area (Å²) in [7, 11) is 0. The lowest BCUT2D eigenvalue weighted by atomic mass is 9.91. The molecule has 11 heavy (non-hydrogen) atoms. The zero-order chi connectivity index (χ0) is 8.85. The molecule has 0 amide bonds. The Bertz CT molecular complexity index is 88.9. The molecule has 0 radical (unpaired) electrons. The molecule has 0 aliphatic heterocycles. The van der Waals surface area contributed by atoms with E-state index in [0.29, 0.717) is 11.8 Å². The van der Waals surface area contributed by atoms with Crippen molar-refractivity contribution in [1.82, 2.24) is 0 Å². The van der Waals surface area contributed by atoms with Gasteiger partial charge in [0, 0.05) is 0 Å². The van der Waals surface area contributed by atoms with Crippen LogP contribution in [-0.2, 0) is 0 Å². The third-order valence-electron chi connectivity index (χ3n) is 2.28. The molecule has 1 nitrogen and oxygen atoms in total. The third kappa shape index (κ3) is 4.41. The van der Waals surface area contributed by atoms with Crippen LogP contribution in [0.5, 0.6) is 0 Å². The summed E-state index contributed by atoms with van der Waals surface area (Å²) in [4.78, 5) is 0. The molecule has 0 spiro atoms. The Labute approximate surface area is 70.8 Å². The van der Waals surface area contributed by atoms with Gasteiger partial charge in [0.25, 0.3) is 0 Å². The topological polar surface area (TPSA) is 20.2 Å². The van der Waals surface area contributed by atoms with Crippen LogP contribution in [0.15, 0.2) is 0 Å². The van der Waals surface area contributed by atoms with Crippen LogP contribution in [0.4, 0.5) is 0 Å². The molecule has 0 aliphatic carbocycles. The van der Waals surface area contributed by atoms with Crippen LogP contribution in [0.3, 0.4) is 0 Å². The van der Waals surface area contributed by atoms with E-state index in [4.69, 9.17) is 0 Å². The monoisotopic (exact) mass is 158 g/mol. The van der Waals surface area contributed by atoms with Crippen LogP contribution in [0, 0.1) is 11.8 Å². The van der Waals surface area contributed by atoms with Crippen LogP contribution >= 0.6 is 0 Å². The highest BCUT2D eigenvalue weighted by atomic mass is 16.3. The first-order valence-electron chi connectivity index (χ1n) is 4.77. The molecule has 0 aromatic heterocycles. The van der Waals surface area contributed by atoms with E-state index in [2.05, 4.69) is 27.7 Å². The maximum Gasteiger partial charge on any atom is 0.0588 e. The van der Waals surface area contributed by atoms with E-state index >= 15 is 0 Å². The second-order valence-electron chi connectivity index (χ2n) is 3.85. The van der Waals surface area contributed by atoms with Crippen molar-refractivity contribution in [2.75, 3.05) is 0 Å². The van der Waals surface area contributed by atoms with Crippen molar-refractivity contribution in [1.29, 1.82) is 0 Å². The van der Waals surface area contributed by atoms with Gasteiger partial charge in [0.15, 0.2) is 0 Å². The minimum atomic E-state index is -0.110. The summed E-state index contributed by atoms with van der Waals surface area (Å²) >= 11 is 0. The van der Waals surface area contributed by atoms with Gasteiger partial charge in [-0.1, -0.05) is 40.5 Å². The molecular weight excluding hydrogens is 136 g/mol. The van der Waals surface area contributed by atoms with Gasteiger partial charge in [-0.25, -0.2) is 0 Å². The van der Waals surface area contributed by atoms with Crippen molar-refractivity contribution < 1.29 is 5.11 Å². The molecule has 0 saturated carbocycles. The lowest BCUT2D eigenvalue weighted by molar-refractivity contribution is 0.0675. The van der Waals surface area contributed by atoms with Crippen molar-refractivity contribution in [2.45, 2.75) is 53.1 Å². The molecule has 0 aromatic rings. The molecule has 0 saturated heterocycles. The van der Waals surface area contributed by atoms with E-state index in [1.54, 1.807) is 0 Å². The molecule has 1 N–H and O–H groups in total. The average Bonchev–Trinajstić information content (AvgIpc) is 1.98. The summed E-state index contributed by atoms with van der Waals surface area (Å²) in [6.07, 6.45) is 3.53. The van der Waals surface area contributed by atoms with Gasteiger partial charge in [-0.05, 0) is 18.3 Å². The summed E-state index contributed by atoms with van der Waals surface area (Å²) in [5.74, 6) is 0.872. The Kier molecular flexibility index (Phi) is 5.57. The first-order valence-corrected chi connectivity index (χ1v) is 4.77. The normalized spacial score (nSPS) is 16.9. The molecule has 0 rings (SSSR count). The second-order valence-corrected chi connectivity index (χ2v) is 3.85. The molecule has 0 fully saturated rings. The number of aliphatic hydroxyl groups is 1. The number of hydrogen-bond acceptors (Lipinski definition) is 1. The van der Waals surface area contributed by atoms with Crippen LogP contribution in [-0.4, -0.2) is 11.2 Å². The first-order chi connectivity index (χ1) is 5.09. The number of rotatable bonds is 5. The Balaban J connectivity index is 3.55. The van der Waals surface area contributed by atoms with Crippen LogP contribution in [0.1, 0.15) is 47.0 Å². The lowest BCUT2D eigenvalue weighted by Crippen LogP contribution is -2.23. The fraction of sp³-hybridized carbons (Fsp3) is 1.00. The zero-order valence-corrected chi connectivity index (χ0v) is 8.30. The molecule has 0 aromatic carbocycles. The van der Waals surface area contributed by atoms with Crippen LogP contribution < -0.4 is 0 Å². The lowest BCUT2D eigenvalue weighted by Gasteiger charge is -2.21. The van der Waals surface area contributed by atoms with Gasteiger partial charge in [-0.15, -0.1) is 0 Å². The summed E-state index contributed by atoms with van der Waals surface area (Å²) in [5, 5.41) is 9.62. The standard InChI is InChI=1S/C10H22O/c1-5-6-7-9(4)10(11)8(2)3/h8-11H,5-7H2,1-4H3. The Morgan fingerprint density at radius 1 is 1.18 bits per heavy atom. The van der Waals surface area contributed by atoms with Gasteiger partial charge in [0.05, 0.1) is 6.10 Å². The Hall–Kier alpha value is -0.0400. The van der Waals surface area contributed by atoms with E-state index < -0.39 is 0 Å². The highest BCUT2D eigenvalue weighted by Gasteiger charge is 2.16. The van der Waals surface area contributed by atoms with Crippen LogP contribution in [0.2, 0.25) is 0 Å². The van der Waals surface area contributed by atoms with Gasteiger partial charge in [-0.3, -0.25) is 0 Å². The molecule has 0 bridgehead atoms. The summed E-state index contributed by atoms with van der Waals surface area (Å²) in [6, 6.07) is 0. The van der Waals surface area contributed by atoms with E-state index in [-0.39, 0.29) is 6.10 Å². The largest absolute Gasteiger partial charge is 0.393 e. The smallest absolute Gasteiger partial charge is 0.0588 e. The van der Waals surface area contributed by atoms with Gasteiger partial charge in [0.2, 0.25) is 0 Å². The summed E-state index contributed by atoms with van der Waals surface area (Å²) in [6.45, 7) is 8.48. The van der Waals surface area contributed by atoms with E-state index in [1.165, 1.54) is 12.8 Å². The SMILES string of the molecule is CCCCC(C)C(O)C(C)C. The van der Waals surface area contributed by atoms with Crippen molar-refractivity contribution in [3.8, 4) is 0 Å². The zero-order valence-electron chi connectivity index (χ0n) is 8.30. The quantitative estimate of drug-likeness (QED) is 0.652. The van der Waals surface area contributed by atoms with Crippen molar-refractivity contribution in [3.05, 3.63) is 0 Å². The fourth-order valence-electron chi connectivity index (χ4n) is 1.35. The molecular formula is C10H22O. The van der Waals surface area contributed by atoms with E-state index in [0.717, 1.165) is 6.42 Å². The maximum atomic E-state index is 9.62. The molecule has 2 atom stereocenters.